The quantitative estimate of drug-likeness (QED) is 0.0637. The summed E-state index contributed by atoms with van der Waals surface area (Å²) in [6.45, 7) is 4.59. The van der Waals surface area contributed by atoms with Gasteiger partial charge in [0, 0.05) is 13.1 Å². The molecular formula is C30H54N5O5PS. The molecule has 0 aromatic carbocycles. The van der Waals surface area contributed by atoms with E-state index in [1.807, 2.05) is 23.3 Å². The number of hydrogen-bond donors (Lipinski definition) is 1. The largest absolute Gasteiger partial charge is 0.469 e. The topological polar surface area (TPSA) is 131 Å². The van der Waals surface area contributed by atoms with Gasteiger partial charge in [-0.15, -0.1) is 0 Å². The lowest BCUT2D eigenvalue weighted by molar-refractivity contribution is -0.140. The molecule has 0 aliphatic rings. The fraction of sp³-hybridized carbons (Fsp3) is 0.800. The maximum absolute atomic E-state index is 12.8. The molecule has 42 heavy (non-hydrogen) atoms. The zero-order valence-corrected chi connectivity index (χ0v) is 27.8. The second-order valence-electron chi connectivity index (χ2n) is 11.2. The lowest BCUT2D eigenvalue weighted by atomic mass is 10.0. The number of aromatic nitrogens is 4. The summed E-state index contributed by atoms with van der Waals surface area (Å²) >= 11 is 1.96. The van der Waals surface area contributed by atoms with Crippen molar-refractivity contribution in [1.29, 1.82) is 0 Å². The molecule has 10 nitrogen and oxygen atoms in total. The van der Waals surface area contributed by atoms with Gasteiger partial charge in [-0.05, 0) is 37.7 Å². The highest BCUT2D eigenvalue weighted by atomic mass is 32.2. The van der Waals surface area contributed by atoms with E-state index in [1.165, 1.54) is 89.8 Å². The molecule has 2 aromatic heterocycles. The van der Waals surface area contributed by atoms with E-state index in [0.717, 1.165) is 25.0 Å². The van der Waals surface area contributed by atoms with Gasteiger partial charge in [-0.2, -0.15) is 11.8 Å². The van der Waals surface area contributed by atoms with Crippen molar-refractivity contribution in [2.75, 3.05) is 44.0 Å². The number of nitrogens with two attached hydrogens (primary N) is 1. The van der Waals surface area contributed by atoms with Crippen LogP contribution in [-0.2, 0) is 29.9 Å². The summed E-state index contributed by atoms with van der Waals surface area (Å²) in [4.78, 5) is 23.5. The molecule has 0 spiro atoms. The first-order chi connectivity index (χ1) is 20.3. The van der Waals surface area contributed by atoms with Crippen LogP contribution < -0.4 is 5.73 Å². The third kappa shape index (κ3) is 16.2. The summed E-state index contributed by atoms with van der Waals surface area (Å²) in [5.41, 5.74) is 7.08. The number of hydrogen-bond acceptors (Lipinski definition) is 10. The minimum atomic E-state index is -2.81. The number of unbranched alkanes of at least 4 members (excludes halogenated alkanes) is 12. The van der Waals surface area contributed by atoms with Gasteiger partial charge in [-0.1, -0.05) is 70.6 Å². The smallest absolute Gasteiger partial charge is 0.305 e. The molecular weight excluding hydrogens is 573 g/mol. The van der Waals surface area contributed by atoms with Crippen LogP contribution in [0.25, 0.3) is 11.2 Å². The molecule has 0 fully saturated rings. The number of anilines is 1. The third-order valence-electron chi connectivity index (χ3n) is 7.17. The predicted octanol–water partition coefficient (Wildman–Crippen LogP) is 7.45. The molecule has 240 valence electrons. The summed E-state index contributed by atoms with van der Waals surface area (Å²) in [6.07, 6.45) is 21.0. The highest BCUT2D eigenvalue weighted by Crippen LogP contribution is 2.42. The molecule has 0 amide bonds. The molecule has 2 atom stereocenters. The van der Waals surface area contributed by atoms with E-state index in [1.54, 1.807) is 13.0 Å². The van der Waals surface area contributed by atoms with Crippen LogP contribution >= 0.6 is 19.1 Å². The minimum Gasteiger partial charge on any atom is -0.469 e. The molecule has 2 heterocycles. The van der Waals surface area contributed by atoms with E-state index in [4.69, 9.17) is 15.0 Å². The summed E-state index contributed by atoms with van der Waals surface area (Å²) in [6, 6.07) is 0. The van der Waals surface area contributed by atoms with Gasteiger partial charge in [0.05, 0.1) is 32.7 Å². The van der Waals surface area contributed by atoms with E-state index >= 15 is 0 Å². The molecule has 2 N–H and O–H groups in total. The Morgan fingerprint density at radius 3 is 2.17 bits per heavy atom. The second-order valence-corrected chi connectivity index (χ2v) is 14.9. The number of carbonyl (C=O) groups is 1. The van der Waals surface area contributed by atoms with E-state index < -0.39 is 7.37 Å². The van der Waals surface area contributed by atoms with Gasteiger partial charge in [-0.25, -0.2) is 15.0 Å². The molecule has 0 aliphatic carbocycles. The van der Waals surface area contributed by atoms with Crippen molar-refractivity contribution in [3.8, 4) is 0 Å². The summed E-state index contributed by atoms with van der Waals surface area (Å²) in [5, 5.41) is 0. The summed E-state index contributed by atoms with van der Waals surface area (Å²) < 4.78 is 30.8. The lowest BCUT2D eigenvalue weighted by Gasteiger charge is -2.18. The van der Waals surface area contributed by atoms with Crippen molar-refractivity contribution < 1.29 is 23.4 Å². The molecule has 0 saturated carbocycles. The lowest BCUT2D eigenvalue weighted by Crippen LogP contribution is -2.17. The number of fused-ring (bicyclic) bond motifs is 1. The average molecular weight is 628 g/mol. The van der Waals surface area contributed by atoms with Crippen LogP contribution in [-0.4, -0.2) is 69.8 Å². The third-order valence-corrected chi connectivity index (χ3v) is 9.67. The van der Waals surface area contributed by atoms with Crippen LogP contribution in [0.1, 0.15) is 103 Å². The number of carbonyl (C=O) groups excluding carboxylic acids is 1. The predicted molar refractivity (Wildman–Crippen MR) is 173 cm³/mol. The Balaban J connectivity index is 1.34. The molecule has 0 aliphatic heterocycles. The Bertz CT molecular complexity index is 1060. The monoisotopic (exact) mass is 627 g/mol. The summed E-state index contributed by atoms with van der Waals surface area (Å²) in [7, 11) is -1.35. The first-order valence-corrected chi connectivity index (χ1v) is 19.1. The van der Waals surface area contributed by atoms with Crippen molar-refractivity contribution in [2.24, 2.45) is 0 Å². The molecule has 1 unspecified atom stereocenters. The second kappa shape index (κ2) is 21.9. The van der Waals surface area contributed by atoms with Crippen LogP contribution in [0.4, 0.5) is 5.82 Å². The SMILES string of the molecule is COC(=O)CCCCCCCCCCCCCCCSCCCOP(C)(=O)CO[C@H](C)Cn1cnc2c(N)ncnc21. The van der Waals surface area contributed by atoms with Crippen molar-refractivity contribution in [3.05, 3.63) is 12.7 Å². The van der Waals surface area contributed by atoms with Crippen molar-refractivity contribution >= 4 is 42.1 Å². The molecule has 2 aromatic rings. The fourth-order valence-corrected chi connectivity index (χ4v) is 6.75. The Morgan fingerprint density at radius 1 is 0.929 bits per heavy atom. The van der Waals surface area contributed by atoms with Crippen LogP contribution in [0.5, 0.6) is 0 Å². The Labute approximate surface area is 257 Å². The first-order valence-electron chi connectivity index (χ1n) is 15.7. The zero-order chi connectivity index (χ0) is 30.5. The minimum absolute atomic E-state index is 0.0877. The zero-order valence-electron chi connectivity index (χ0n) is 26.1. The van der Waals surface area contributed by atoms with Crippen molar-refractivity contribution in [2.45, 2.75) is 116 Å². The number of esters is 1. The van der Waals surface area contributed by atoms with E-state index in [-0.39, 0.29) is 18.4 Å². The maximum Gasteiger partial charge on any atom is 0.305 e. The van der Waals surface area contributed by atoms with Gasteiger partial charge in [0.25, 0.3) is 0 Å². The molecule has 2 rings (SSSR count). The van der Waals surface area contributed by atoms with E-state index in [9.17, 15) is 9.36 Å². The Kier molecular flexibility index (Phi) is 19.1. The Morgan fingerprint density at radius 2 is 1.52 bits per heavy atom. The van der Waals surface area contributed by atoms with Gasteiger partial charge in [0.15, 0.2) is 11.5 Å². The van der Waals surface area contributed by atoms with E-state index in [0.29, 0.717) is 36.6 Å². The van der Waals surface area contributed by atoms with Gasteiger partial charge < -0.3 is 24.3 Å². The standard InChI is InChI=1S/C30H54N5O5PS/c1-26(22-35-24-34-28-29(31)32-23-33-30(28)35)39-25-41(3,37)40-19-17-21-42-20-16-14-12-10-8-6-4-5-7-9-11-13-15-18-27(36)38-2/h23-24,26H,4-22,25H2,1-3H3,(H2,31,32,33)/t26-,41?/m1/s1. The van der Waals surface area contributed by atoms with Gasteiger partial charge in [-0.3, -0.25) is 9.36 Å². The van der Waals surface area contributed by atoms with Crippen LogP contribution in [0.3, 0.4) is 0 Å². The van der Waals surface area contributed by atoms with Gasteiger partial charge in [0.1, 0.15) is 18.2 Å². The number of thioether (sulfide) groups is 1. The van der Waals surface area contributed by atoms with Crippen molar-refractivity contribution in [1.82, 2.24) is 19.5 Å². The average Bonchev–Trinajstić information content (AvgIpc) is 3.38. The van der Waals surface area contributed by atoms with Crippen LogP contribution in [0, 0.1) is 0 Å². The normalized spacial score (nSPS) is 13.8. The van der Waals surface area contributed by atoms with Gasteiger partial charge >= 0.3 is 5.97 Å². The fourth-order valence-electron chi connectivity index (χ4n) is 4.70. The molecule has 0 bridgehead atoms. The highest BCUT2D eigenvalue weighted by molar-refractivity contribution is 7.99. The molecule has 0 saturated heterocycles. The number of nitrogen functional groups attached to an aromatic ring is 1. The number of methoxy groups -OCH3 is 1. The van der Waals surface area contributed by atoms with Crippen LogP contribution in [0.15, 0.2) is 12.7 Å². The number of rotatable bonds is 26. The van der Waals surface area contributed by atoms with E-state index in [2.05, 4.69) is 19.7 Å². The highest BCUT2D eigenvalue weighted by Gasteiger charge is 2.19. The number of ether oxygens (including phenoxy) is 2. The molecule has 12 heteroatoms. The Hall–Kier alpha value is -1.68. The van der Waals surface area contributed by atoms with Gasteiger partial charge in [0.2, 0.25) is 7.37 Å². The number of imidazole rings is 1. The summed E-state index contributed by atoms with van der Waals surface area (Å²) in [5.74, 6) is 2.48. The van der Waals surface area contributed by atoms with Crippen LogP contribution in [0.2, 0.25) is 0 Å². The maximum atomic E-state index is 12.8. The first kappa shape index (κ1) is 36.5. The van der Waals surface area contributed by atoms with Crippen molar-refractivity contribution in [3.63, 3.8) is 0 Å². The molecule has 0 radical (unpaired) electrons. The number of nitrogens with zero attached hydrogens (tertiary/aromatic N) is 4.